The number of piperidine rings is 1. The molecule has 3 aromatic rings. The van der Waals surface area contributed by atoms with E-state index >= 15 is 0 Å². The van der Waals surface area contributed by atoms with E-state index in [1.54, 1.807) is 0 Å². The van der Waals surface area contributed by atoms with Gasteiger partial charge in [0.25, 0.3) is 0 Å². The van der Waals surface area contributed by atoms with Gasteiger partial charge in [-0.3, -0.25) is 9.78 Å². The van der Waals surface area contributed by atoms with Crippen LogP contribution in [0.4, 0.5) is 0 Å². The number of fused-ring (bicyclic) bond motifs is 1. The molecule has 1 unspecified atom stereocenters. The van der Waals surface area contributed by atoms with Gasteiger partial charge in [0.15, 0.2) is 0 Å². The summed E-state index contributed by atoms with van der Waals surface area (Å²) >= 11 is 0. The lowest BCUT2D eigenvalue weighted by molar-refractivity contribution is -0.126. The number of pyridine rings is 1. The first kappa shape index (κ1) is 18.0. The lowest BCUT2D eigenvalue weighted by atomic mass is 9.68. The fraction of sp³-hybridized carbons (Fsp3) is 0.448. The van der Waals surface area contributed by atoms with Crippen molar-refractivity contribution in [1.29, 1.82) is 0 Å². The Morgan fingerprint density at radius 3 is 2.56 bits per heavy atom. The summed E-state index contributed by atoms with van der Waals surface area (Å²) in [7, 11) is 0. The number of hydrogen-bond acceptors (Lipinski definition) is 3. The highest BCUT2D eigenvalue weighted by Gasteiger charge is 2.46. The molecular formula is C29H32N2O. The Morgan fingerprint density at radius 1 is 1.00 bits per heavy atom. The smallest absolute Gasteiger partial charge is 0.150 e. The SMILES string of the molecule is [2H]C([2H])(c1ccc(-c2ccc3cccnc3c2)cc1)C1CCC2(CC1)CC(C1CC1)C(=O)CN2. The molecule has 2 aromatic carbocycles. The molecule has 0 bridgehead atoms. The van der Waals surface area contributed by atoms with Gasteiger partial charge in [0.1, 0.15) is 5.78 Å². The summed E-state index contributed by atoms with van der Waals surface area (Å²) < 4.78 is 18.0. The molecule has 3 fully saturated rings. The summed E-state index contributed by atoms with van der Waals surface area (Å²) in [5.41, 5.74) is 3.95. The van der Waals surface area contributed by atoms with Crippen molar-refractivity contribution in [2.75, 3.05) is 6.54 Å². The molecule has 32 heavy (non-hydrogen) atoms. The van der Waals surface area contributed by atoms with Crippen LogP contribution in [0.2, 0.25) is 0 Å². The summed E-state index contributed by atoms with van der Waals surface area (Å²) in [5.74, 6) is 1.26. The van der Waals surface area contributed by atoms with Crippen molar-refractivity contribution in [3.63, 3.8) is 0 Å². The van der Waals surface area contributed by atoms with Gasteiger partial charge in [0, 0.05) is 25.8 Å². The number of nitrogens with zero attached hydrogens (tertiary/aromatic N) is 1. The summed E-state index contributed by atoms with van der Waals surface area (Å²) in [6, 6.07) is 18.3. The number of aromatic nitrogens is 1. The first-order valence-corrected chi connectivity index (χ1v) is 12.2. The number of carbonyl (C=O) groups excluding carboxylic acids is 1. The van der Waals surface area contributed by atoms with E-state index in [9.17, 15) is 4.79 Å². The minimum absolute atomic E-state index is 0.00708. The Hall–Kier alpha value is -2.52. The second kappa shape index (κ2) is 8.12. The fourth-order valence-electron chi connectivity index (χ4n) is 5.88. The summed E-state index contributed by atoms with van der Waals surface area (Å²) in [4.78, 5) is 16.8. The molecule has 2 heterocycles. The van der Waals surface area contributed by atoms with Crippen LogP contribution in [0.25, 0.3) is 22.0 Å². The number of Topliss-reactive ketones (excluding diaryl/α,β-unsaturated/α-hetero) is 1. The van der Waals surface area contributed by atoms with Crippen LogP contribution in [-0.4, -0.2) is 22.9 Å². The Kier molecular flexibility index (Phi) is 4.56. The number of nitrogens with one attached hydrogen (secondary N) is 1. The standard InChI is InChI=1S/C29H32N2O/c32-28-19-31-29(18-26(28)23-7-8-23)13-11-21(12-14-29)16-20-3-5-22(6-4-20)25-10-9-24-2-1-15-30-27(24)17-25/h1-6,9-10,15,17,21,23,26,31H,7-8,11-14,16,18-19H2/i16D2. The van der Waals surface area contributed by atoms with Gasteiger partial charge in [-0.15, -0.1) is 0 Å². The van der Waals surface area contributed by atoms with Crippen LogP contribution in [0.3, 0.4) is 0 Å². The predicted molar refractivity (Wildman–Crippen MR) is 129 cm³/mol. The van der Waals surface area contributed by atoms with Crippen molar-refractivity contribution in [1.82, 2.24) is 10.3 Å². The second-order valence-corrected chi connectivity index (χ2v) is 10.2. The van der Waals surface area contributed by atoms with Crippen LogP contribution >= 0.6 is 0 Å². The lowest BCUT2D eigenvalue weighted by Crippen LogP contribution is -2.56. The molecule has 0 amide bonds. The van der Waals surface area contributed by atoms with Gasteiger partial charge < -0.3 is 5.32 Å². The molecule has 2 aliphatic carbocycles. The molecule has 2 saturated carbocycles. The van der Waals surface area contributed by atoms with Gasteiger partial charge in [0.2, 0.25) is 0 Å². The van der Waals surface area contributed by atoms with Crippen molar-refractivity contribution < 1.29 is 7.54 Å². The number of carbonyl (C=O) groups is 1. The highest BCUT2D eigenvalue weighted by molar-refractivity contribution is 5.85. The van der Waals surface area contributed by atoms with Crippen molar-refractivity contribution in [2.45, 2.75) is 56.9 Å². The van der Waals surface area contributed by atoms with Gasteiger partial charge in [0.05, 0.1) is 12.1 Å². The number of hydrogen-bond donors (Lipinski definition) is 1. The maximum Gasteiger partial charge on any atom is 0.150 e. The van der Waals surface area contributed by atoms with E-state index in [1.165, 1.54) is 12.8 Å². The minimum Gasteiger partial charge on any atom is -0.304 e. The highest BCUT2D eigenvalue weighted by Crippen LogP contribution is 2.46. The third kappa shape index (κ3) is 3.99. The summed E-state index contributed by atoms with van der Waals surface area (Å²) in [6.07, 6.45) is 7.50. The van der Waals surface area contributed by atoms with Gasteiger partial charge in [-0.1, -0.05) is 42.5 Å². The third-order valence-electron chi connectivity index (χ3n) is 7.99. The molecule has 3 heteroatoms. The van der Waals surface area contributed by atoms with Gasteiger partial charge in [-0.25, -0.2) is 0 Å². The van der Waals surface area contributed by atoms with Crippen LogP contribution in [0.1, 0.15) is 53.3 Å². The third-order valence-corrected chi connectivity index (χ3v) is 7.99. The fourth-order valence-corrected chi connectivity index (χ4v) is 5.88. The quantitative estimate of drug-likeness (QED) is 0.559. The van der Waals surface area contributed by atoms with Gasteiger partial charge in [-0.2, -0.15) is 0 Å². The van der Waals surface area contributed by atoms with Crippen LogP contribution in [-0.2, 0) is 11.2 Å². The van der Waals surface area contributed by atoms with E-state index < -0.39 is 6.37 Å². The molecule has 1 saturated heterocycles. The van der Waals surface area contributed by atoms with E-state index in [0.29, 0.717) is 18.2 Å². The molecule has 1 N–H and O–H groups in total. The average Bonchev–Trinajstić information content (AvgIpc) is 3.71. The largest absolute Gasteiger partial charge is 0.304 e. The molecular weight excluding hydrogens is 392 g/mol. The first-order valence-electron chi connectivity index (χ1n) is 13.2. The molecule has 3 nitrogen and oxygen atoms in total. The van der Waals surface area contributed by atoms with Crippen molar-refractivity contribution in [2.24, 2.45) is 17.8 Å². The molecule has 1 spiro atoms. The van der Waals surface area contributed by atoms with Crippen LogP contribution in [0, 0.1) is 17.8 Å². The monoisotopic (exact) mass is 426 g/mol. The van der Waals surface area contributed by atoms with Crippen LogP contribution in [0.15, 0.2) is 60.8 Å². The lowest BCUT2D eigenvalue weighted by Gasteiger charge is -2.46. The summed E-state index contributed by atoms with van der Waals surface area (Å²) in [5, 5.41) is 4.69. The Bertz CT molecular complexity index is 1210. The van der Waals surface area contributed by atoms with Crippen molar-refractivity contribution >= 4 is 16.7 Å². The first-order chi connectivity index (χ1) is 16.4. The predicted octanol–water partition coefficient (Wildman–Crippen LogP) is 5.96. The van der Waals surface area contributed by atoms with Gasteiger partial charge >= 0.3 is 0 Å². The number of rotatable bonds is 4. The Balaban J connectivity index is 1.15. The Morgan fingerprint density at radius 2 is 1.78 bits per heavy atom. The number of benzene rings is 2. The maximum absolute atomic E-state index is 12.4. The maximum atomic E-state index is 12.4. The second-order valence-electron chi connectivity index (χ2n) is 10.2. The van der Waals surface area contributed by atoms with Crippen molar-refractivity contribution in [3.05, 3.63) is 66.4 Å². The summed E-state index contributed by atoms with van der Waals surface area (Å²) in [6.45, 7) is 0.504. The zero-order valence-corrected chi connectivity index (χ0v) is 18.5. The normalized spacial score (nSPS) is 29.7. The van der Waals surface area contributed by atoms with E-state index in [4.69, 9.17) is 2.74 Å². The van der Waals surface area contributed by atoms with E-state index in [0.717, 1.165) is 59.7 Å². The molecule has 164 valence electrons. The number of ketones is 1. The minimum atomic E-state index is -1.36. The molecule has 1 aromatic heterocycles. The van der Waals surface area contributed by atoms with E-state index in [-0.39, 0.29) is 17.4 Å². The molecule has 1 atom stereocenters. The van der Waals surface area contributed by atoms with Crippen molar-refractivity contribution in [3.8, 4) is 11.1 Å². The van der Waals surface area contributed by atoms with Crippen LogP contribution in [0.5, 0.6) is 0 Å². The molecule has 0 radical (unpaired) electrons. The highest BCUT2D eigenvalue weighted by atomic mass is 16.1. The topological polar surface area (TPSA) is 42.0 Å². The zero-order valence-electron chi connectivity index (χ0n) is 20.5. The average molecular weight is 427 g/mol. The molecule has 6 rings (SSSR count). The van der Waals surface area contributed by atoms with E-state index in [1.807, 2.05) is 36.5 Å². The van der Waals surface area contributed by atoms with E-state index in [2.05, 4.69) is 34.6 Å². The molecule has 1 aliphatic heterocycles. The Labute approximate surface area is 193 Å². The van der Waals surface area contributed by atoms with Crippen LogP contribution < -0.4 is 5.32 Å². The molecule has 3 aliphatic rings. The zero-order chi connectivity index (χ0) is 23.3. The van der Waals surface area contributed by atoms with Gasteiger partial charge in [-0.05, 0) is 92.0 Å².